The third-order valence-corrected chi connectivity index (χ3v) is 4.00. The fraction of sp³-hybridized carbons (Fsp3) is 1.00. The number of alkyl halides is 2. The van der Waals surface area contributed by atoms with Gasteiger partial charge in [-0.15, -0.1) is 23.2 Å². The number of halogens is 2. The molecule has 0 bridgehead atoms. The van der Waals surface area contributed by atoms with Crippen molar-refractivity contribution >= 4 is 30.9 Å². The van der Waals surface area contributed by atoms with Crippen LogP contribution in [0, 0.1) is 0 Å². The largest absolute Gasteiger partial charge is 0.343 e. The van der Waals surface area contributed by atoms with Gasteiger partial charge in [0.25, 0.3) is 0 Å². The molecule has 1 unspecified atom stereocenters. The molecule has 0 saturated carbocycles. The summed E-state index contributed by atoms with van der Waals surface area (Å²) in [7, 11) is -3.82. The molecule has 0 spiro atoms. The van der Waals surface area contributed by atoms with Gasteiger partial charge in [-0.1, -0.05) is 0 Å². The van der Waals surface area contributed by atoms with Crippen LogP contribution in [-0.4, -0.2) is 42.6 Å². The average Bonchev–Trinajstić information content (AvgIpc) is 2.17. The molecule has 1 heterocycles. The molecule has 84 valence electrons. The van der Waals surface area contributed by atoms with Crippen LogP contribution in [0.15, 0.2) is 0 Å². The van der Waals surface area contributed by atoms with E-state index in [9.17, 15) is 4.57 Å². The summed E-state index contributed by atoms with van der Waals surface area (Å²) in [5, 5.41) is 0.710. The third-order valence-electron chi connectivity index (χ3n) is 1.68. The molecule has 0 aromatic carbocycles. The summed E-state index contributed by atoms with van der Waals surface area (Å²) in [6.45, 7) is -0.787. The lowest BCUT2D eigenvalue weighted by Crippen LogP contribution is -2.35. The Morgan fingerprint density at radius 3 is 2.71 bits per heavy atom. The first-order chi connectivity index (χ1) is 8.44. The van der Waals surface area contributed by atoms with Gasteiger partial charge >= 0.3 is 7.67 Å². The van der Waals surface area contributed by atoms with Crippen LogP contribution in [0.2, 0.25) is 1.41 Å². The van der Waals surface area contributed by atoms with Gasteiger partial charge in [0.15, 0.2) is 0 Å². The Morgan fingerprint density at radius 2 is 2.21 bits per heavy atom. The van der Waals surface area contributed by atoms with Crippen molar-refractivity contribution in [3.05, 3.63) is 0 Å². The Morgan fingerprint density at radius 1 is 1.57 bits per heavy atom. The standard InChI is InChI=1S/C7H15Cl2N2O2P/c8-2-5-11(6-3-9)14(12)10-4-1-7-13-14/h1-7H2,(H,10,12)/i2D2,3D2/hD. The minimum absolute atomic E-state index is 0.153. The van der Waals surface area contributed by atoms with Crippen LogP contribution in [0.1, 0.15) is 11.9 Å². The highest BCUT2D eigenvalue weighted by Gasteiger charge is 2.32. The fourth-order valence-electron chi connectivity index (χ4n) is 1.03. The van der Waals surface area contributed by atoms with E-state index in [0.29, 0.717) is 11.5 Å². The van der Waals surface area contributed by atoms with Gasteiger partial charge in [-0.25, -0.2) is 9.75 Å². The van der Waals surface area contributed by atoms with E-state index < -0.39 is 32.4 Å². The van der Waals surface area contributed by atoms with Crippen molar-refractivity contribution in [3.8, 4) is 0 Å². The predicted molar refractivity (Wildman–Crippen MR) is 59.2 cm³/mol. The number of nitrogens with one attached hydrogen (secondary N) is 1. The molecular formula is C7H15Cl2N2O2P. The van der Waals surface area contributed by atoms with E-state index in [0.717, 1.165) is 4.67 Å². The number of hydrogen-bond donors (Lipinski definition) is 1. The maximum Gasteiger partial charge on any atom is 0.343 e. The zero-order valence-corrected chi connectivity index (χ0v) is 9.86. The van der Waals surface area contributed by atoms with Crippen molar-refractivity contribution in [2.45, 2.75) is 6.42 Å². The Labute approximate surface area is 102 Å². The molecule has 1 aliphatic rings. The second kappa shape index (κ2) is 6.31. The van der Waals surface area contributed by atoms with Crippen LogP contribution in [-0.2, 0) is 9.09 Å². The van der Waals surface area contributed by atoms with E-state index in [-0.39, 0.29) is 13.2 Å². The Balaban J connectivity index is 2.97. The molecule has 0 aliphatic carbocycles. The van der Waals surface area contributed by atoms with E-state index in [1.165, 1.54) is 0 Å². The van der Waals surface area contributed by atoms with E-state index in [4.69, 9.17) is 34.6 Å². The van der Waals surface area contributed by atoms with Crippen LogP contribution in [0.25, 0.3) is 0 Å². The highest BCUT2D eigenvalue weighted by atomic mass is 35.5. The molecule has 0 aromatic heterocycles. The molecular weight excluding hydrogens is 246 g/mol. The van der Waals surface area contributed by atoms with Crippen molar-refractivity contribution in [2.75, 3.05) is 37.9 Å². The monoisotopic (exact) mass is 265 g/mol. The van der Waals surface area contributed by atoms with E-state index in [1.54, 1.807) is 0 Å². The molecule has 1 rings (SSSR count). The smallest absolute Gasteiger partial charge is 0.306 e. The third kappa shape index (κ3) is 3.37. The van der Waals surface area contributed by atoms with Crippen molar-refractivity contribution in [2.24, 2.45) is 0 Å². The van der Waals surface area contributed by atoms with Gasteiger partial charge in [0.1, 0.15) is 1.41 Å². The minimum Gasteiger partial charge on any atom is -0.306 e. The summed E-state index contributed by atoms with van der Waals surface area (Å²) in [6, 6.07) is 0. The summed E-state index contributed by atoms with van der Waals surface area (Å²) < 4.78 is 55.5. The molecule has 4 nitrogen and oxygen atoms in total. The summed E-state index contributed by atoms with van der Waals surface area (Å²) >= 11 is 10.9. The van der Waals surface area contributed by atoms with Crippen LogP contribution >= 0.6 is 30.9 Å². The van der Waals surface area contributed by atoms with E-state index in [2.05, 4.69) is 0 Å². The van der Waals surface area contributed by atoms with Crippen LogP contribution in [0.4, 0.5) is 0 Å². The van der Waals surface area contributed by atoms with Gasteiger partial charge in [-0.3, -0.25) is 4.57 Å². The van der Waals surface area contributed by atoms with Gasteiger partial charge in [0.05, 0.1) is 6.61 Å². The van der Waals surface area contributed by atoms with Crippen LogP contribution in [0.3, 0.4) is 0 Å². The Hall–Kier alpha value is 0.690. The van der Waals surface area contributed by atoms with Crippen molar-refractivity contribution in [1.82, 2.24) is 9.75 Å². The van der Waals surface area contributed by atoms with Gasteiger partial charge < -0.3 is 4.52 Å². The molecule has 1 fully saturated rings. The first-order valence-electron chi connectivity index (χ1n) is 6.53. The summed E-state index contributed by atoms with van der Waals surface area (Å²) in [5.41, 5.74) is 0. The molecule has 0 radical (unpaired) electrons. The molecule has 14 heavy (non-hydrogen) atoms. The van der Waals surface area contributed by atoms with E-state index >= 15 is 0 Å². The maximum atomic E-state index is 12.6. The van der Waals surface area contributed by atoms with Crippen molar-refractivity contribution in [1.29, 1.82) is 0 Å². The first kappa shape index (κ1) is 7.10. The Bertz CT molecular complexity index is 348. The zero-order valence-electron chi connectivity index (χ0n) is 12.4. The van der Waals surface area contributed by atoms with Gasteiger partial charge in [-0.2, -0.15) is 0 Å². The molecule has 7 heteroatoms. The van der Waals surface area contributed by atoms with Crippen molar-refractivity contribution in [3.63, 3.8) is 0 Å². The van der Waals surface area contributed by atoms with Gasteiger partial charge in [0.2, 0.25) is 0 Å². The molecule has 1 atom stereocenters. The molecule has 1 aliphatic heterocycles. The average molecular weight is 266 g/mol. The van der Waals surface area contributed by atoms with Gasteiger partial charge in [-0.05, 0) is 6.42 Å². The lowest BCUT2D eigenvalue weighted by molar-refractivity contribution is 0.233. The zero-order chi connectivity index (χ0) is 14.9. The highest BCUT2D eigenvalue weighted by Crippen LogP contribution is 2.47. The van der Waals surface area contributed by atoms with E-state index in [1.807, 2.05) is 0 Å². The second-order valence-electron chi connectivity index (χ2n) is 2.63. The lowest BCUT2D eigenvalue weighted by atomic mass is 10.5. The molecule has 0 amide bonds. The number of rotatable bonds is 5. The minimum atomic E-state index is -3.82. The molecule has 0 aromatic rings. The quantitative estimate of drug-likeness (QED) is 0.609. The number of nitrogens with zero attached hydrogens (tertiary/aromatic N) is 1. The summed E-state index contributed by atoms with van der Waals surface area (Å²) in [5.74, 6) is -4.47. The molecule has 1 saturated heterocycles. The first-order valence-corrected chi connectivity index (χ1v) is 6.37. The second-order valence-corrected chi connectivity index (χ2v) is 5.25. The fourth-order valence-corrected chi connectivity index (χ4v) is 3.17. The lowest BCUT2D eigenvalue weighted by Gasteiger charge is -2.33. The van der Waals surface area contributed by atoms with Crippen LogP contribution in [0.5, 0.6) is 0 Å². The SMILES string of the molecule is [2H]N1CCCOP1(=O)N(CC([2H])([2H])Cl)CC([2H])([2H])Cl. The Kier molecular flexibility index (Phi) is 3.20. The molecule has 1 N–H and O–H groups in total. The summed E-state index contributed by atoms with van der Waals surface area (Å²) in [6.07, 6.45) is 0.517. The summed E-state index contributed by atoms with van der Waals surface area (Å²) in [4.78, 5) is 0. The topological polar surface area (TPSA) is 41.6 Å². The number of hydrogen-bond acceptors (Lipinski definition) is 2. The highest BCUT2D eigenvalue weighted by molar-refractivity contribution is 7.54. The maximum absolute atomic E-state index is 12.6. The predicted octanol–water partition coefficient (Wildman–Crippen LogP) is 1.88. The van der Waals surface area contributed by atoms with Crippen LogP contribution < -0.4 is 5.08 Å². The van der Waals surface area contributed by atoms with Crippen molar-refractivity contribution < 1.29 is 16.0 Å². The normalized spacial score (nSPS) is 36.9. The van der Waals surface area contributed by atoms with Gasteiger partial charge in [0, 0.05) is 36.8 Å².